The Balaban J connectivity index is 1.58. The second-order valence-corrected chi connectivity index (χ2v) is 6.68. The van der Waals surface area contributed by atoms with Gasteiger partial charge in [-0.25, -0.2) is 4.39 Å². The molecule has 0 bridgehead atoms. The number of anilines is 1. The highest BCUT2D eigenvalue weighted by Crippen LogP contribution is 2.23. The fraction of sp³-hybridized carbons (Fsp3) is 0.0625. The third-order valence-corrected chi connectivity index (χ3v) is 4.43. The number of benzene rings is 2. The lowest BCUT2D eigenvalue weighted by Gasteiger charge is -2.01. The molecule has 122 valence electrons. The van der Waals surface area contributed by atoms with Crippen molar-refractivity contribution in [2.24, 2.45) is 0 Å². The normalized spacial score (nSPS) is 10.6. The highest BCUT2D eigenvalue weighted by atomic mass is 79.9. The van der Waals surface area contributed by atoms with E-state index in [9.17, 15) is 9.18 Å². The Morgan fingerprint density at radius 2 is 2.00 bits per heavy atom. The molecule has 0 unspecified atom stereocenters. The summed E-state index contributed by atoms with van der Waals surface area (Å²) in [4.78, 5) is 12.7. The van der Waals surface area contributed by atoms with E-state index in [1.165, 1.54) is 23.9 Å². The standard InChI is InChI=1S/C16H11BrFN3O2S/c17-11-3-1-2-10(8-11)15-20-21-16(23-15)19-14(22)9-24-13-6-4-12(18)5-7-13/h1-8H,9H2,(H,19,21,22). The van der Waals surface area contributed by atoms with E-state index in [0.29, 0.717) is 5.89 Å². The molecule has 0 saturated heterocycles. The molecule has 0 atom stereocenters. The maximum Gasteiger partial charge on any atom is 0.322 e. The minimum atomic E-state index is -0.310. The van der Waals surface area contributed by atoms with Gasteiger partial charge in [0.05, 0.1) is 5.75 Å². The summed E-state index contributed by atoms with van der Waals surface area (Å²) in [6.45, 7) is 0. The summed E-state index contributed by atoms with van der Waals surface area (Å²) in [5.74, 6) is -0.124. The summed E-state index contributed by atoms with van der Waals surface area (Å²) in [5.41, 5.74) is 0.748. The van der Waals surface area contributed by atoms with Crippen molar-refractivity contribution in [3.05, 3.63) is 58.8 Å². The van der Waals surface area contributed by atoms with Crippen molar-refractivity contribution in [2.75, 3.05) is 11.1 Å². The van der Waals surface area contributed by atoms with Gasteiger partial charge < -0.3 is 4.42 Å². The Morgan fingerprint density at radius 1 is 1.21 bits per heavy atom. The Labute approximate surface area is 149 Å². The molecule has 0 aliphatic carbocycles. The van der Waals surface area contributed by atoms with Gasteiger partial charge in [0, 0.05) is 14.9 Å². The number of halogens is 2. The highest BCUT2D eigenvalue weighted by molar-refractivity contribution is 9.10. The van der Waals surface area contributed by atoms with Gasteiger partial charge in [-0.2, -0.15) is 0 Å². The maximum atomic E-state index is 12.8. The van der Waals surface area contributed by atoms with Crippen LogP contribution in [0, 0.1) is 5.82 Å². The van der Waals surface area contributed by atoms with Crippen LogP contribution in [0.25, 0.3) is 11.5 Å². The monoisotopic (exact) mass is 407 g/mol. The van der Waals surface area contributed by atoms with Crippen LogP contribution >= 0.6 is 27.7 Å². The molecular formula is C16H11BrFN3O2S. The molecule has 3 aromatic rings. The Kier molecular flexibility index (Phi) is 5.27. The van der Waals surface area contributed by atoms with Crippen molar-refractivity contribution in [1.82, 2.24) is 10.2 Å². The maximum absolute atomic E-state index is 12.8. The van der Waals surface area contributed by atoms with Crippen LogP contribution in [0.1, 0.15) is 0 Å². The number of aromatic nitrogens is 2. The SMILES string of the molecule is O=C(CSc1ccc(F)cc1)Nc1nnc(-c2cccc(Br)c2)o1. The second-order valence-electron chi connectivity index (χ2n) is 4.71. The number of carbonyl (C=O) groups is 1. The molecule has 1 amide bonds. The number of hydrogen-bond donors (Lipinski definition) is 1. The molecule has 8 heteroatoms. The van der Waals surface area contributed by atoms with Crippen molar-refractivity contribution in [1.29, 1.82) is 0 Å². The number of rotatable bonds is 5. The van der Waals surface area contributed by atoms with Crippen LogP contribution in [0.2, 0.25) is 0 Å². The topological polar surface area (TPSA) is 68.0 Å². The Hall–Kier alpha value is -2.19. The zero-order valence-corrected chi connectivity index (χ0v) is 14.6. The second kappa shape index (κ2) is 7.59. The average molecular weight is 408 g/mol. The van der Waals surface area contributed by atoms with Crippen molar-refractivity contribution < 1.29 is 13.6 Å². The van der Waals surface area contributed by atoms with Crippen LogP contribution in [0.5, 0.6) is 0 Å². The number of thioether (sulfide) groups is 1. The van der Waals surface area contributed by atoms with Crippen LogP contribution < -0.4 is 5.32 Å². The summed E-state index contributed by atoms with van der Waals surface area (Å²) in [6.07, 6.45) is 0. The minimum Gasteiger partial charge on any atom is -0.403 e. The molecule has 0 saturated carbocycles. The summed E-state index contributed by atoms with van der Waals surface area (Å²) in [5, 5.41) is 10.3. The first-order valence-corrected chi connectivity index (χ1v) is 8.66. The van der Waals surface area contributed by atoms with E-state index in [1.54, 1.807) is 12.1 Å². The zero-order chi connectivity index (χ0) is 16.9. The first kappa shape index (κ1) is 16.7. The predicted octanol–water partition coefficient (Wildman–Crippen LogP) is 4.37. The summed E-state index contributed by atoms with van der Waals surface area (Å²) in [6, 6.07) is 13.4. The lowest BCUT2D eigenvalue weighted by atomic mass is 10.2. The van der Waals surface area contributed by atoms with Gasteiger partial charge >= 0.3 is 6.01 Å². The van der Waals surface area contributed by atoms with Gasteiger partial charge in [-0.3, -0.25) is 10.1 Å². The number of nitrogens with zero attached hydrogens (tertiary/aromatic N) is 2. The van der Waals surface area contributed by atoms with Gasteiger partial charge in [0.1, 0.15) is 5.82 Å². The molecule has 1 heterocycles. The van der Waals surface area contributed by atoms with Crippen LogP contribution in [0.4, 0.5) is 10.4 Å². The van der Waals surface area contributed by atoms with Gasteiger partial charge in [-0.1, -0.05) is 27.1 Å². The fourth-order valence-electron chi connectivity index (χ4n) is 1.85. The molecule has 3 rings (SSSR count). The highest BCUT2D eigenvalue weighted by Gasteiger charge is 2.12. The molecule has 0 fully saturated rings. The van der Waals surface area contributed by atoms with Crippen molar-refractivity contribution in [2.45, 2.75) is 4.90 Å². The number of amides is 1. The largest absolute Gasteiger partial charge is 0.403 e. The smallest absolute Gasteiger partial charge is 0.322 e. The van der Waals surface area contributed by atoms with E-state index in [0.717, 1.165) is 14.9 Å². The molecule has 5 nitrogen and oxygen atoms in total. The molecule has 1 N–H and O–H groups in total. The van der Waals surface area contributed by atoms with Crippen molar-refractivity contribution in [3.8, 4) is 11.5 Å². The molecule has 0 spiro atoms. The minimum absolute atomic E-state index is 0.0367. The van der Waals surface area contributed by atoms with Gasteiger partial charge in [-0.15, -0.1) is 16.9 Å². The first-order valence-electron chi connectivity index (χ1n) is 6.88. The fourth-order valence-corrected chi connectivity index (χ4v) is 2.94. The zero-order valence-electron chi connectivity index (χ0n) is 12.2. The lowest BCUT2D eigenvalue weighted by molar-refractivity contribution is -0.113. The van der Waals surface area contributed by atoms with Gasteiger partial charge in [-0.05, 0) is 42.5 Å². The van der Waals surface area contributed by atoms with E-state index in [4.69, 9.17) is 4.42 Å². The predicted molar refractivity (Wildman–Crippen MR) is 93.2 cm³/mol. The quantitative estimate of drug-likeness (QED) is 0.635. The molecule has 2 aromatic carbocycles. The Morgan fingerprint density at radius 3 is 2.75 bits per heavy atom. The number of hydrogen-bond acceptors (Lipinski definition) is 5. The van der Waals surface area contributed by atoms with Gasteiger partial charge in [0.25, 0.3) is 0 Å². The van der Waals surface area contributed by atoms with Crippen molar-refractivity contribution in [3.63, 3.8) is 0 Å². The van der Waals surface area contributed by atoms with Crippen LogP contribution in [-0.2, 0) is 4.79 Å². The molecule has 1 aromatic heterocycles. The molecule has 0 aliphatic rings. The average Bonchev–Trinajstić information content (AvgIpc) is 3.03. The number of carbonyl (C=O) groups excluding carboxylic acids is 1. The summed E-state index contributed by atoms with van der Waals surface area (Å²) in [7, 11) is 0. The van der Waals surface area contributed by atoms with Crippen LogP contribution in [0.3, 0.4) is 0 Å². The first-order chi connectivity index (χ1) is 11.6. The van der Waals surface area contributed by atoms with Crippen LogP contribution in [-0.4, -0.2) is 21.9 Å². The van der Waals surface area contributed by atoms with Crippen molar-refractivity contribution >= 4 is 39.6 Å². The molecule has 24 heavy (non-hydrogen) atoms. The van der Waals surface area contributed by atoms with E-state index >= 15 is 0 Å². The molecule has 0 aliphatic heterocycles. The van der Waals surface area contributed by atoms with Crippen LogP contribution in [0.15, 0.2) is 62.3 Å². The summed E-state index contributed by atoms with van der Waals surface area (Å²) < 4.78 is 19.1. The molecule has 0 radical (unpaired) electrons. The number of nitrogens with one attached hydrogen (secondary N) is 1. The van der Waals surface area contributed by atoms with E-state index in [2.05, 4.69) is 31.4 Å². The van der Waals surface area contributed by atoms with E-state index in [-0.39, 0.29) is 23.5 Å². The third kappa shape index (κ3) is 4.42. The Bertz CT molecular complexity index is 855. The van der Waals surface area contributed by atoms with Gasteiger partial charge in [0.15, 0.2) is 0 Å². The van der Waals surface area contributed by atoms with E-state index < -0.39 is 0 Å². The lowest BCUT2D eigenvalue weighted by Crippen LogP contribution is -2.14. The van der Waals surface area contributed by atoms with E-state index in [1.807, 2.05) is 24.3 Å². The van der Waals surface area contributed by atoms with Gasteiger partial charge in [0.2, 0.25) is 11.8 Å². The molecular weight excluding hydrogens is 397 g/mol. The third-order valence-electron chi connectivity index (χ3n) is 2.93. The summed E-state index contributed by atoms with van der Waals surface area (Å²) >= 11 is 4.65.